The Balaban J connectivity index is 2.17. The quantitative estimate of drug-likeness (QED) is 0.873. The van der Waals surface area contributed by atoms with Gasteiger partial charge in [0.1, 0.15) is 6.04 Å². The molecule has 0 aliphatic carbocycles. The van der Waals surface area contributed by atoms with Gasteiger partial charge in [0.25, 0.3) is 0 Å². The van der Waals surface area contributed by atoms with Crippen molar-refractivity contribution in [1.29, 1.82) is 0 Å². The predicted molar refractivity (Wildman–Crippen MR) is 72.6 cm³/mol. The van der Waals surface area contributed by atoms with Gasteiger partial charge in [-0.05, 0) is 24.6 Å². The molecule has 1 aliphatic rings. The summed E-state index contributed by atoms with van der Waals surface area (Å²) in [5.74, 6) is 1.01. The SMILES string of the molecule is COc1ccc(CN2CC(=O)N[C@@H](C)C2=O)cc1OC. The van der Waals surface area contributed by atoms with Crippen molar-refractivity contribution >= 4 is 11.8 Å². The number of hydrogen-bond donors (Lipinski definition) is 1. The molecule has 1 saturated heterocycles. The van der Waals surface area contributed by atoms with Gasteiger partial charge in [-0.2, -0.15) is 0 Å². The highest BCUT2D eigenvalue weighted by atomic mass is 16.5. The standard InChI is InChI=1S/C14H18N2O4/c1-9-14(18)16(8-13(17)15-9)7-10-4-5-11(19-2)12(6-10)20-3/h4-6,9H,7-8H2,1-3H3,(H,15,17)/t9-/m0/s1. The number of carbonyl (C=O) groups is 2. The van der Waals surface area contributed by atoms with E-state index in [-0.39, 0.29) is 18.4 Å². The van der Waals surface area contributed by atoms with Gasteiger partial charge < -0.3 is 19.7 Å². The molecule has 1 aliphatic heterocycles. The van der Waals surface area contributed by atoms with Crippen molar-refractivity contribution in [1.82, 2.24) is 10.2 Å². The van der Waals surface area contributed by atoms with E-state index >= 15 is 0 Å². The molecule has 0 unspecified atom stereocenters. The fourth-order valence-electron chi connectivity index (χ4n) is 2.21. The van der Waals surface area contributed by atoms with E-state index in [4.69, 9.17) is 9.47 Å². The van der Waals surface area contributed by atoms with Crippen LogP contribution in [-0.4, -0.2) is 43.5 Å². The number of carbonyl (C=O) groups excluding carboxylic acids is 2. The predicted octanol–water partition coefficient (Wildman–Crippen LogP) is 0.551. The third-order valence-corrected chi connectivity index (χ3v) is 3.22. The highest BCUT2D eigenvalue weighted by Gasteiger charge is 2.29. The van der Waals surface area contributed by atoms with Gasteiger partial charge in [0, 0.05) is 6.54 Å². The molecule has 0 spiro atoms. The van der Waals surface area contributed by atoms with E-state index in [2.05, 4.69) is 5.32 Å². The summed E-state index contributed by atoms with van der Waals surface area (Å²) in [5.41, 5.74) is 0.887. The molecule has 6 heteroatoms. The average Bonchev–Trinajstić information content (AvgIpc) is 2.44. The van der Waals surface area contributed by atoms with Crippen LogP contribution in [0.1, 0.15) is 12.5 Å². The van der Waals surface area contributed by atoms with Crippen molar-refractivity contribution in [2.45, 2.75) is 19.5 Å². The summed E-state index contributed by atoms with van der Waals surface area (Å²) in [6.07, 6.45) is 0. The fraction of sp³-hybridized carbons (Fsp3) is 0.429. The second-order valence-electron chi connectivity index (χ2n) is 4.67. The van der Waals surface area contributed by atoms with Gasteiger partial charge in [-0.15, -0.1) is 0 Å². The average molecular weight is 278 g/mol. The molecule has 0 saturated carbocycles. The van der Waals surface area contributed by atoms with Crippen LogP contribution in [0.15, 0.2) is 18.2 Å². The van der Waals surface area contributed by atoms with Gasteiger partial charge in [-0.25, -0.2) is 0 Å². The van der Waals surface area contributed by atoms with E-state index in [9.17, 15) is 9.59 Å². The van der Waals surface area contributed by atoms with Crippen LogP contribution < -0.4 is 14.8 Å². The van der Waals surface area contributed by atoms with E-state index < -0.39 is 6.04 Å². The summed E-state index contributed by atoms with van der Waals surface area (Å²) >= 11 is 0. The molecule has 1 N–H and O–H groups in total. The van der Waals surface area contributed by atoms with Crippen LogP contribution in [0.5, 0.6) is 11.5 Å². The lowest BCUT2D eigenvalue weighted by molar-refractivity contribution is -0.144. The van der Waals surface area contributed by atoms with E-state index in [1.807, 2.05) is 12.1 Å². The smallest absolute Gasteiger partial charge is 0.245 e. The molecule has 1 fully saturated rings. The summed E-state index contributed by atoms with van der Waals surface area (Å²) in [4.78, 5) is 25.0. The molecule has 108 valence electrons. The van der Waals surface area contributed by atoms with Crippen LogP contribution in [0.4, 0.5) is 0 Å². The van der Waals surface area contributed by atoms with Crippen LogP contribution in [0.25, 0.3) is 0 Å². The lowest BCUT2D eigenvalue weighted by Crippen LogP contribution is -2.56. The zero-order valence-corrected chi connectivity index (χ0v) is 11.8. The zero-order chi connectivity index (χ0) is 14.7. The normalized spacial score (nSPS) is 18.8. The van der Waals surface area contributed by atoms with Crippen molar-refractivity contribution in [3.63, 3.8) is 0 Å². The molecule has 20 heavy (non-hydrogen) atoms. The minimum Gasteiger partial charge on any atom is -0.493 e. The number of hydrogen-bond acceptors (Lipinski definition) is 4. The number of piperazine rings is 1. The minimum absolute atomic E-state index is 0.0809. The van der Waals surface area contributed by atoms with Crippen LogP contribution in [0, 0.1) is 0 Å². The molecule has 0 aromatic heterocycles. The van der Waals surface area contributed by atoms with Gasteiger partial charge in [0.2, 0.25) is 11.8 Å². The molecule has 1 aromatic carbocycles. The van der Waals surface area contributed by atoms with Crippen LogP contribution in [-0.2, 0) is 16.1 Å². The van der Waals surface area contributed by atoms with Crippen molar-refractivity contribution in [2.24, 2.45) is 0 Å². The van der Waals surface area contributed by atoms with Crippen LogP contribution in [0.3, 0.4) is 0 Å². The Bertz CT molecular complexity index is 530. The van der Waals surface area contributed by atoms with Gasteiger partial charge in [0.15, 0.2) is 11.5 Å². The highest BCUT2D eigenvalue weighted by Crippen LogP contribution is 2.28. The molecular weight excluding hydrogens is 260 g/mol. The molecule has 0 bridgehead atoms. The monoisotopic (exact) mass is 278 g/mol. The first-order valence-electron chi connectivity index (χ1n) is 6.34. The van der Waals surface area contributed by atoms with Crippen molar-refractivity contribution < 1.29 is 19.1 Å². The van der Waals surface area contributed by atoms with Gasteiger partial charge >= 0.3 is 0 Å². The van der Waals surface area contributed by atoms with E-state index in [0.717, 1.165) is 5.56 Å². The first-order chi connectivity index (χ1) is 9.55. The number of benzene rings is 1. The Kier molecular flexibility index (Phi) is 4.12. The van der Waals surface area contributed by atoms with Crippen molar-refractivity contribution in [3.05, 3.63) is 23.8 Å². The first-order valence-corrected chi connectivity index (χ1v) is 6.34. The Morgan fingerprint density at radius 1 is 1.25 bits per heavy atom. The fourth-order valence-corrected chi connectivity index (χ4v) is 2.21. The third kappa shape index (κ3) is 2.84. The molecule has 6 nitrogen and oxygen atoms in total. The van der Waals surface area contributed by atoms with Crippen LogP contribution in [0.2, 0.25) is 0 Å². The number of amides is 2. The maximum atomic E-state index is 12.0. The summed E-state index contributed by atoms with van der Waals surface area (Å²) in [7, 11) is 3.13. The molecule has 1 atom stereocenters. The Morgan fingerprint density at radius 3 is 2.60 bits per heavy atom. The number of rotatable bonds is 4. The number of nitrogens with one attached hydrogen (secondary N) is 1. The summed E-state index contributed by atoms with van der Waals surface area (Å²) in [6.45, 7) is 2.13. The Morgan fingerprint density at radius 2 is 1.95 bits per heavy atom. The molecular formula is C14H18N2O4. The summed E-state index contributed by atoms with van der Waals surface area (Å²) in [6, 6.07) is 4.97. The molecule has 0 radical (unpaired) electrons. The van der Waals surface area contributed by atoms with Gasteiger partial charge in [-0.3, -0.25) is 9.59 Å². The Labute approximate surface area is 117 Å². The highest BCUT2D eigenvalue weighted by molar-refractivity contribution is 5.94. The minimum atomic E-state index is -0.476. The Hall–Kier alpha value is -2.24. The van der Waals surface area contributed by atoms with E-state index in [0.29, 0.717) is 18.0 Å². The van der Waals surface area contributed by atoms with Crippen molar-refractivity contribution in [2.75, 3.05) is 20.8 Å². The first kappa shape index (κ1) is 14.2. The van der Waals surface area contributed by atoms with E-state index in [1.54, 1.807) is 27.2 Å². The second-order valence-corrected chi connectivity index (χ2v) is 4.67. The molecule has 2 amide bonds. The van der Waals surface area contributed by atoms with E-state index in [1.165, 1.54) is 4.90 Å². The second kappa shape index (κ2) is 5.81. The van der Waals surface area contributed by atoms with Crippen LogP contribution >= 0.6 is 0 Å². The largest absolute Gasteiger partial charge is 0.493 e. The maximum Gasteiger partial charge on any atom is 0.245 e. The van der Waals surface area contributed by atoms with Gasteiger partial charge in [-0.1, -0.05) is 6.07 Å². The summed E-state index contributed by atoms with van der Waals surface area (Å²) in [5, 5.41) is 2.61. The number of ether oxygens (including phenoxy) is 2. The third-order valence-electron chi connectivity index (χ3n) is 3.22. The number of methoxy groups -OCH3 is 2. The summed E-state index contributed by atoms with van der Waals surface area (Å²) < 4.78 is 10.4. The lowest BCUT2D eigenvalue weighted by Gasteiger charge is -2.30. The zero-order valence-electron chi connectivity index (χ0n) is 11.8. The lowest BCUT2D eigenvalue weighted by atomic mass is 10.1. The maximum absolute atomic E-state index is 12.0. The molecule has 2 rings (SSSR count). The number of nitrogens with zero attached hydrogens (tertiary/aromatic N) is 1. The molecule has 1 aromatic rings. The molecule has 1 heterocycles. The van der Waals surface area contributed by atoms with Crippen molar-refractivity contribution in [3.8, 4) is 11.5 Å². The van der Waals surface area contributed by atoms with Gasteiger partial charge in [0.05, 0.1) is 20.8 Å². The topological polar surface area (TPSA) is 67.9 Å².